The van der Waals surface area contributed by atoms with Crippen LogP contribution in [0.5, 0.6) is 11.5 Å². The summed E-state index contributed by atoms with van der Waals surface area (Å²) in [6.07, 6.45) is 7.91. The van der Waals surface area contributed by atoms with Gasteiger partial charge >= 0.3 is 0 Å². The van der Waals surface area contributed by atoms with Crippen molar-refractivity contribution >= 4 is 58.8 Å². The van der Waals surface area contributed by atoms with Crippen LogP contribution in [0.4, 0.5) is 49.6 Å². The Balaban J connectivity index is 0.000000161. The van der Waals surface area contributed by atoms with Crippen molar-refractivity contribution in [3.05, 3.63) is 178 Å². The SMILES string of the molecule is CC(=O)Nc1ccc(S(=O)(=O)CCC(=O)N2[C@@H]3CC[C@H]2CC([C@H](N)Cc2cc(F)c(F)cc2F)C3)cc1.N[C@H](Cc1cc(F)c(F)cc1F)C1C[C@H]2CC[C@@H](C1)N2C(=O)CCS(=O)(=O)c1ccc(F)cc1.N[C@H](Cc1cc(F)c(F)cc1F)C1C[C@H]2CC[C@@H](C1)N2C(=O)CCS(=O)(=O)c1ccc2c(c1)OCCO2. The van der Waals surface area contributed by atoms with E-state index in [9.17, 15) is 88.3 Å². The monoisotopic (exact) mass is 1570 g/mol. The molecule has 0 radical (unpaired) electrons. The Morgan fingerprint density at radius 1 is 0.398 bits per heavy atom. The highest BCUT2D eigenvalue weighted by molar-refractivity contribution is 7.92. The summed E-state index contributed by atoms with van der Waals surface area (Å²) in [5.41, 5.74) is 19.6. The lowest BCUT2D eigenvalue weighted by Gasteiger charge is -2.41. The molecule has 584 valence electrons. The highest BCUT2D eigenvalue weighted by Crippen LogP contribution is 2.44. The molecule has 12 atom stereocenters. The molecule has 13 rings (SSSR count). The van der Waals surface area contributed by atoms with Crippen LogP contribution in [-0.4, -0.2) is 148 Å². The number of carbonyl (C=O) groups excluding carboxylic acids is 4. The van der Waals surface area contributed by atoms with Crippen molar-refractivity contribution in [3.8, 4) is 11.5 Å². The van der Waals surface area contributed by atoms with Gasteiger partial charge in [0.05, 0.1) is 31.9 Å². The Labute approximate surface area is 620 Å². The average Bonchev–Trinajstić information content (AvgIpc) is 1.61. The first-order valence-corrected chi connectivity index (χ1v) is 40.9. The second-order valence-corrected chi connectivity index (χ2v) is 35.4. The van der Waals surface area contributed by atoms with E-state index < -0.39 is 106 Å². The van der Waals surface area contributed by atoms with Crippen LogP contribution < -0.4 is 32.0 Å². The minimum absolute atomic E-state index is 0.0169. The largest absolute Gasteiger partial charge is 0.486 e. The predicted molar refractivity (Wildman–Crippen MR) is 378 cm³/mol. The van der Waals surface area contributed by atoms with Crippen molar-refractivity contribution in [2.24, 2.45) is 35.0 Å². The van der Waals surface area contributed by atoms with Gasteiger partial charge in [0.15, 0.2) is 75.9 Å². The maximum atomic E-state index is 14.1. The smallest absolute Gasteiger partial charge is 0.224 e. The summed E-state index contributed by atoms with van der Waals surface area (Å²) in [4.78, 5) is 55.7. The quantitative estimate of drug-likeness (QED) is 0.0279. The molecule has 7 heterocycles. The molecule has 0 saturated carbocycles. The number of nitrogens with two attached hydrogens (primary N) is 3. The van der Waals surface area contributed by atoms with Gasteiger partial charge in [-0.05, 0) is 210 Å². The van der Waals surface area contributed by atoms with Crippen LogP contribution in [-0.2, 0) is 68.0 Å². The Bertz CT molecular complexity index is 4650. The third-order valence-corrected chi connectivity index (χ3v) is 27.1. The van der Waals surface area contributed by atoms with Gasteiger partial charge in [0.1, 0.15) is 36.5 Å². The Morgan fingerprint density at radius 2 is 0.685 bits per heavy atom. The number of carbonyl (C=O) groups is 4. The zero-order chi connectivity index (χ0) is 77.8. The number of ether oxygens (including phenoxy) is 2. The second-order valence-electron chi connectivity index (χ2n) is 29.1. The van der Waals surface area contributed by atoms with E-state index in [0.717, 1.165) is 68.9 Å². The van der Waals surface area contributed by atoms with Crippen molar-refractivity contribution in [2.45, 2.75) is 192 Å². The van der Waals surface area contributed by atoms with Crippen molar-refractivity contribution < 1.29 is 97.8 Å². The van der Waals surface area contributed by atoms with E-state index in [2.05, 4.69) is 5.32 Å². The van der Waals surface area contributed by atoms with E-state index in [-0.39, 0.29) is 165 Å². The molecular weight excluding hydrogens is 1490 g/mol. The van der Waals surface area contributed by atoms with E-state index in [4.69, 9.17) is 26.7 Å². The fraction of sp³-hybridized carbons (Fsp3) is 0.474. The van der Waals surface area contributed by atoms with Gasteiger partial charge in [0.25, 0.3) is 0 Å². The molecule has 3 unspecified atom stereocenters. The molecule has 7 N–H and O–H groups in total. The molecule has 19 nitrogen and oxygen atoms in total. The zero-order valence-electron chi connectivity index (χ0n) is 59.0. The van der Waals surface area contributed by atoms with Crippen LogP contribution in [0.1, 0.15) is 120 Å². The number of hydrogen-bond donors (Lipinski definition) is 4. The number of hydrogen-bond acceptors (Lipinski definition) is 15. The average molecular weight is 1570 g/mol. The molecule has 7 aliphatic rings. The number of anilines is 1. The number of benzene rings is 6. The molecule has 0 aromatic heterocycles. The van der Waals surface area contributed by atoms with E-state index in [1.54, 1.807) is 20.8 Å². The van der Waals surface area contributed by atoms with Crippen LogP contribution in [0.2, 0.25) is 0 Å². The van der Waals surface area contributed by atoms with Crippen LogP contribution in [0.3, 0.4) is 0 Å². The number of piperidine rings is 3. The highest BCUT2D eigenvalue weighted by Gasteiger charge is 2.48. The molecule has 108 heavy (non-hydrogen) atoms. The Hall–Kier alpha value is -8.17. The second kappa shape index (κ2) is 34.0. The molecule has 7 aliphatic heterocycles. The van der Waals surface area contributed by atoms with E-state index in [1.807, 2.05) is 0 Å². The van der Waals surface area contributed by atoms with Crippen LogP contribution >= 0.6 is 0 Å². The fourth-order valence-electron chi connectivity index (χ4n) is 16.6. The van der Waals surface area contributed by atoms with Gasteiger partial charge in [-0.25, -0.2) is 69.2 Å². The summed E-state index contributed by atoms with van der Waals surface area (Å²) < 4.78 is 223. The first kappa shape index (κ1) is 80.8. The minimum atomic E-state index is -3.72. The molecular formula is C76H85F10N7O12S3. The summed E-state index contributed by atoms with van der Waals surface area (Å²) in [7, 11) is -11.1. The zero-order valence-corrected chi connectivity index (χ0v) is 61.4. The molecule has 0 spiro atoms. The molecule has 6 fully saturated rings. The fourth-order valence-corrected chi connectivity index (χ4v) is 20.3. The third-order valence-electron chi connectivity index (χ3n) is 22.0. The summed E-state index contributed by atoms with van der Waals surface area (Å²) in [6.45, 7) is 2.10. The topological polar surface area (TPSA) is 289 Å². The van der Waals surface area contributed by atoms with Gasteiger partial charge in [-0.1, -0.05) is 0 Å². The molecule has 32 heteroatoms. The van der Waals surface area contributed by atoms with Gasteiger partial charge in [0, 0.05) is 111 Å². The molecule has 6 saturated heterocycles. The Kier molecular flexibility index (Phi) is 25.4. The highest BCUT2D eigenvalue weighted by atomic mass is 32.2. The molecule has 6 aromatic carbocycles. The lowest BCUT2D eigenvalue weighted by molar-refractivity contribution is -0.137. The number of halogens is 10. The molecule has 6 aromatic rings. The first-order chi connectivity index (χ1) is 51.1. The van der Waals surface area contributed by atoms with E-state index in [0.29, 0.717) is 87.1 Å². The summed E-state index contributed by atoms with van der Waals surface area (Å²) >= 11 is 0. The lowest BCUT2D eigenvalue weighted by Crippen LogP contribution is -2.50. The number of fused-ring (bicyclic) bond motifs is 7. The van der Waals surface area contributed by atoms with Crippen LogP contribution in [0.25, 0.3) is 0 Å². The number of nitrogens with zero attached hydrogens (tertiary/aromatic N) is 3. The van der Waals surface area contributed by atoms with Gasteiger partial charge in [-0.2, -0.15) is 0 Å². The number of amides is 4. The van der Waals surface area contributed by atoms with Crippen molar-refractivity contribution in [1.82, 2.24) is 14.7 Å². The summed E-state index contributed by atoms with van der Waals surface area (Å²) in [5, 5.41) is 2.57. The van der Waals surface area contributed by atoms with Crippen molar-refractivity contribution in [1.29, 1.82) is 0 Å². The maximum absolute atomic E-state index is 14.1. The predicted octanol–water partition coefficient (Wildman–Crippen LogP) is 10.7. The standard InChI is InChI=1S/C26H30F3N3O4S.C26H29F3N2O5S.C24H26F4N2O3S/c1-15(33)31-18-2-6-21(7-3-18)37(35,36)9-8-26(34)32-19-4-5-20(32)11-17(10-19)25(30)13-16-12-23(28)24(29)14-22(16)27;27-20-14-22(29)21(28)11-15(20)12-23(30)16-9-17-1-2-18(10-16)31(17)26(32)5-8-37(33,34)19-3-4-24-25(13-19)36-7-6-35-24;25-16-1-5-19(6-2-16)34(32,33)8-7-24(31)30-17-3-4-18(30)10-15(9-17)23(29)12-14-11-21(27)22(28)13-20(14)26/h2-3,6-7,12,14,17,19-20,25H,4-5,8-11,13,30H2,1H3,(H,31,33);3-4,11,13-14,16-18,23H,1-2,5-10,12,30H2;1-2,5-6,11,13,15,17-18,23H,3-4,7-10,12,29H2/t17?,19-,20+,25-;16?,17-,18+,23-;15?,17-,18+,23-/m111/s1. The minimum Gasteiger partial charge on any atom is -0.486 e. The van der Waals surface area contributed by atoms with Gasteiger partial charge < -0.3 is 46.7 Å². The molecule has 4 amide bonds. The van der Waals surface area contributed by atoms with E-state index >= 15 is 0 Å². The lowest BCUT2D eigenvalue weighted by atomic mass is 9.82. The van der Waals surface area contributed by atoms with Crippen LogP contribution in [0.15, 0.2) is 118 Å². The number of sulfone groups is 3. The summed E-state index contributed by atoms with van der Waals surface area (Å²) in [6, 6.07) is 16.9. The third kappa shape index (κ3) is 19.2. The van der Waals surface area contributed by atoms with E-state index in [1.165, 1.54) is 55.5 Å². The van der Waals surface area contributed by atoms with Gasteiger partial charge in [-0.3, -0.25) is 19.2 Å². The summed E-state index contributed by atoms with van der Waals surface area (Å²) in [5.74, 6) is -11.3. The maximum Gasteiger partial charge on any atom is 0.224 e. The number of nitrogens with one attached hydrogen (secondary N) is 1. The van der Waals surface area contributed by atoms with Gasteiger partial charge in [-0.15, -0.1) is 0 Å². The number of rotatable bonds is 22. The molecule has 0 aliphatic carbocycles. The Morgan fingerprint density at radius 3 is 1.01 bits per heavy atom. The normalized spacial score (nSPS) is 23.0. The van der Waals surface area contributed by atoms with Crippen molar-refractivity contribution in [2.75, 3.05) is 35.8 Å². The molecule has 6 bridgehead atoms. The first-order valence-electron chi connectivity index (χ1n) is 35.9. The van der Waals surface area contributed by atoms with Gasteiger partial charge in [0.2, 0.25) is 23.6 Å². The van der Waals surface area contributed by atoms with Crippen molar-refractivity contribution in [3.63, 3.8) is 0 Å². The van der Waals surface area contributed by atoms with Crippen LogP contribution in [0, 0.1) is 75.9 Å².